The fourth-order valence-corrected chi connectivity index (χ4v) is 4.82. The predicted octanol–water partition coefficient (Wildman–Crippen LogP) is 4.28. The molecule has 0 bridgehead atoms. The largest absolute Gasteiger partial charge is 0.317 e. The number of hydrogen-bond acceptors (Lipinski definition) is 4. The lowest BCUT2D eigenvalue weighted by Crippen LogP contribution is -2.39. The van der Waals surface area contributed by atoms with Gasteiger partial charge in [-0.05, 0) is 63.1 Å². The first-order valence-electron chi connectivity index (χ1n) is 10.3. The van der Waals surface area contributed by atoms with Crippen molar-refractivity contribution in [2.24, 2.45) is 5.10 Å². The van der Waals surface area contributed by atoms with E-state index in [1.54, 1.807) is 24.4 Å². The SMILES string of the molecule is Cc1cccc(C)c1-n1c(C)cc(/C=N\NC(=O)CN(c2cccc(Cl)c2)S(C)(=O)=O)c1C. The van der Waals surface area contributed by atoms with E-state index in [1.165, 1.54) is 6.07 Å². The Bertz CT molecular complexity index is 1310. The van der Waals surface area contributed by atoms with Crippen LogP contribution in [0, 0.1) is 27.7 Å². The van der Waals surface area contributed by atoms with Crippen molar-refractivity contribution in [1.82, 2.24) is 9.99 Å². The van der Waals surface area contributed by atoms with Gasteiger partial charge < -0.3 is 4.57 Å². The molecule has 3 aromatic rings. The Morgan fingerprint density at radius 3 is 2.33 bits per heavy atom. The molecule has 0 aliphatic carbocycles. The molecule has 0 radical (unpaired) electrons. The molecule has 3 rings (SSSR count). The van der Waals surface area contributed by atoms with E-state index in [1.807, 2.05) is 26.0 Å². The number of hydrazone groups is 1. The van der Waals surface area contributed by atoms with Crippen LogP contribution in [0.4, 0.5) is 5.69 Å². The van der Waals surface area contributed by atoms with Crippen molar-refractivity contribution in [2.45, 2.75) is 27.7 Å². The lowest BCUT2D eigenvalue weighted by atomic mass is 10.1. The first-order chi connectivity index (χ1) is 15.5. The third kappa shape index (κ3) is 5.64. The average Bonchev–Trinajstić information content (AvgIpc) is 2.99. The van der Waals surface area contributed by atoms with Crippen LogP contribution in [0.25, 0.3) is 5.69 Å². The molecule has 0 spiro atoms. The van der Waals surface area contributed by atoms with Crippen molar-refractivity contribution in [3.8, 4) is 5.69 Å². The van der Waals surface area contributed by atoms with Crippen molar-refractivity contribution in [3.63, 3.8) is 0 Å². The van der Waals surface area contributed by atoms with Crippen LogP contribution in [0.2, 0.25) is 5.02 Å². The molecule has 174 valence electrons. The smallest absolute Gasteiger partial charge is 0.260 e. The molecule has 1 aromatic heterocycles. The van der Waals surface area contributed by atoms with Gasteiger partial charge >= 0.3 is 0 Å². The van der Waals surface area contributed by atoms with E-state index in [2.05, 4.69) is 41.1 Å². The molecule has 0 fully saturated rings. The van der Waals surface area contributed by atoms with Crippen LogP contribution in [0.5, 0.6) is 0 Å². The second-order valence-electron chi connectivity index (χ2n) is 7.94. The molecule has 9 heteroatoms. The highest BCUT2D eigenvalue weighted by Crippen LogP contribution is 2.25. The average molecular weight is 487 g/mol. The summed E-state index contributed by atoms with van der Waals surface area (Å²) >= 11 is 5.97. The lowest BCUT2D eigenvalue weighted by molar-refractivity contribution is -0.119. The van der Waals surface area contributed by atoms with Gasteiger partial charge in [0.05, 0.1) is 23.8 Å². The first kappa shape index (κ1) is 24.5. The number of amides is 1. The number of hydrogen-bond donors (Lipinski definition) is 1. The summed E-state index contributed by atoms with van der Waals surface area (Å²) in [6.07, 6.45) is 2.60. The maximum absolute atomic E-state index is 12.4. The molecule has 0 aliphatic heterocycles. The molecule has 33 heavy (non-hydrogen) atoms. The number of carbonyl (C=O) groups excluding carboxylic acids is 1. The summed E-state index contributed by atoms with van der Waals surface area (Å²) in [5, 5.41) is 4.43. The van der Waals surface area contributed by atoms with E-state index in [9.17, 15) is 13.2 Å². The van der Waals surface area contributed by atoms with Crippen LogP contribution >= 0.6 is 11.6 Å². The lowest BCUT2D eigenvalue weighted by Gasteiger charge is -2.21. The second-order valence-corrected chi connectivity index (χ2v) is 10.3. The van der Waals surface area contributed by atoms with Gasteiger partial charge in [0.1, 0.15) is 6.54 Å². The van der Waals surface area contributed by atoms with E-state index < -0.39 is 22.5 Å². The molecule has 0 saturated carbocycles. The minimum Gasteiger partial charge on any atom is -0.317 e. The van der Waals surface area contributed by atoms with Gasteiger partial charge in [0.15, 0.2) is 0 Å². The second kappa shape index (κ2) is 9.80. The van der Waals surface area contributed by atoms with Gasteiger partial charge in [-0.25, -0.2) is 13.8 Å². The fraction of sp³-hybridized carbons (Fsp3) is 0.250. The zero-order chi connectivity index (χ0) is 24.3. The molecule has 1 amide bonds. The molecule has 0 atom stereocenters. The summed E-state index contributed by atoms with van der Waals surface area (Å²) in [6.45, 7) is 7.74. The molecule has 0 saturated heterocycles. The summed E-state index contributed by atoms with van der Waals surface area (Å²) in [7, 11) is -3.70. The van der Waals surface area contributed by atoms with E-state index >= 15 is 0 Å². The number of aromatic nitrogens is 1. The van der Waals surface area contributed by atoms with Crippen molar-refractivity contribution in [3.05, 3.63) is 81.6 Å². The highest BCUT2D eigenvalue weighted by Gasteiger charge is 2.21. The normalized spacial score (nSPS) is 11.7. The molecular formula is C24H27ClN4O3S. The predicted molar refractivity (Wildman–Crippen MR) is 134 cm³/mol. The number of rotatable bonds is 7. The molecule has 1 N–H and O–H groups in total. The van der Waals surface area contributed by atoms with Crippen LogP contribution in [-0.2, 0) is 14.8 Å². The van der Waals surface area contributed by atoms with Gasteiger partial charge in [-0.1, -0.05) is 35.9 Å². The number of halogens is 1. The minimum atomic E-state index is -3.70. The molecule has 0 unspecified atom stereocenters. The molecular weight excluding hydrogens is 460 g/mol. The number of aryl methyl sites for hydroxylation is 3. The Balaban J connectivity index is 1.78. The Morgan fingerprint density at radius 2 is 1.73 bits per heavy atom. The third-order valence-electron chi connectivity index (χ3n) is 5.31. The molecule has 1 heterocycles. The highest BCUT2D eigenvalue weighted by molar-refractivity contribution is 7.92. The number of nitrogens with zero attached hydrogens (tertiary/aromatic N) is 3. The minimum absolute atomic E-state index is 0.307. The summed E-state index contributed by atoms with van der Waals surface area (Å²) in [5.74, 6) is -0.569. The monoisotopic (exact) mass is 486 g/mol. The van der Waals surface area contributed by atoms with Crippen LogP contribution in [0.15, 0.2) is 53.6 Å². The van der Waals surface area contributed by atoms with Gasteiger partial charge in [0, 0.05) is 22.0 Å². The number of nitrogens with one attached hydrogen (secondary N) is 1. The van der Waals surface area contributed by atoms with Crippen molar-refractivity contribution in [2.75, 3.05) is 17.1 Å². The van der Waals surface area contributed by atoms with E-state index in [4.69, 9.17) is 11.6 Å². The summed E-state index contributed by atoms with van der Waals surface area (Å²) in [4.78, 5) is 12.4. The van der Waals surface area contributed by atoms with Crippen LogP contribution < -0.4 is 9.73 Å². The summed E-state index contributed by atoms with van der Waals surface area (Å²) in [5.41, 5.74) is 9.06. The van der Waals surface area contributed by atoms with E-state index in [0.717, 1.165) is 44.3 Å². The summed E-state index contributed by atoms with van der Waals surface area (Å²) in [6, 6.07) is 14.5. The zero-order valence-corrected chi connectivity index (χ0v) is 20.8. The summed E-state index contributed by atoms with van der Waals surface area (Å²) < 4.78 is 27.6. The van der Waals surface area contributed by atoms with Gasteiger partial charge in [0.25, 0.3) is 5.91 Å². The highest BCUT2D eigenvalue weighted by atomic mass is 35.5. The molecule has 0 aliphatic rings. The Kier molecular flexibility index (Phi) is 7.29. The van der Waals surface area contributed by atoms with Gasteiger partial charge in [-0.3, -0.25) is 9.10 Å². The fourth-order valence-electron chi connectivity index (χ4n) is 3.79. The topological polar surface area (TPSA) is 83.8 Å². The van der Waals surface area contributed by atoms with E-state index in [-0.39, 0.29) is 0 Å². The third-order valence-corrected chi connectivity index (χ3v) is 6.69. The maximum Gasteiger partial charge on any atom is 0.260 e. The van der Waals surface area contributed by atoms with Crippen LogP contribution in [0.1, 0.15) is 28.1 Å². The van der Waals surface area contributed by atoms with Crippen LogP contribution in [0.3, 0.4) is 0 Å². The van der Waals surface area contributed by atoms with Gasteiger partial charge in [-0.2, -0.15) is 5.10 Å². The first-order valence-corrected chi connectivity index (χ1v) is 12.5. The van der Waals surface area contributed by atoms with Gasteiger partial charge in [0.2, 0.25) is 10.0 Å². The molecule has 2 aromatic carbocycles. The number of benzene rings is 2. The number of carbonyl (C=O) groups is 1. The zero-order valence-electron chi connectivity index (χ0n) is 19.3. The maximum atomic E-state index is 12.4. The Hall–Kier alpha value is -3.10. The van der Waals surface area contributed by atoms with Crippen molar-refractivity contribution in [1.29, 1.82) is 0 Å². The quantitative estimate of drug-likeness (QED) is 0.399. The Labute approximate surface area is 199 Å². The van der Waals surface area contributed by atoms with Crippen molar-refractivity contribution >= 4 is 39.4 Å². The Morgan fingerprint density at radius 1 is 1.09 bits per heavy atom. The number of para-hydroxylation sites is 1. The number of anilines is 1. The number of sulfonamides is 1. The standard InChI is InChI=1S/C24H27ClN4O3S/c1-16-8-6-9-17(2)24(16)29-18(3)12-20(19(29)4)14-26-27-23(30)15-28(33(5,31)32)22-11-7-10-21(25)13-22/h6-14H,15H2,1-5H3,(H,27,30)/b26-14-. The van der Waals surface area contributed by atoms with Crippen LogP contribution in [-0.4, -0.2) is 37.9 Å². The van der Waals surface area contributed by atoms with Gasteiger partial charge in [-0.15, -0.1) is 0 Å². The van der Waals surface area contributed by atoms with E-state index in [0.29, 0.717) is 10.7 Å². The van der Waals surface area contributed by atoms with Crippen molar-refractivity contribution < 1.29 is 13.2 Å². The molecule has 7 nitrogen and oxygen atoms in total.